The number of nitrogens with zero attached hydrogens (tertiary/aromatic N) is 4. The minimum Gasteiger partial charge on any atom is -0.478 e. The summed E-state index contributed by atoms with van der Waals surface area (Å²) in [5.41, 5.74) is 0.502. The SMILES string of the molecule is N#Cc1ccn(-c2ccc(C(=O)Nc3cc(C4CC4)c(F)cc3C(=O)O)nn2)c1. The number of aromatic nitrogens is 3. The zero-order chi connectivity index (χ0) is 20.5. The second-order valence-electron chi connectivity index (χ2n) is 6.65. The number of carboxylic acids is 1. The van der Waals surface area contributed by atoms with Gasteiger partial charge in [-0.1, -0.05) is 0 Å². The summed E-state index contributed by atoms with van der Waals surface area (Å²) in [6.07, 6.45) is 4.87. The fourth-order valence-electron chi connectivity index (χ4n) is 2.95. The Morgan fingerprint density at radius 2 is 2.03 bits per heavy atom. The Bertz CT molecular complexity index is 1160. The summed E-state index contributed by atoms with van der Waals surface area (Å²) in [5, 5.41) is 28.5. The Kier molecular flexibility index (Phi) is 4.52. The number of hydrogen-bond donors (Lipinski definition) is 2. The Hall–Kier alpha value is -4.06. The van der Waals surface area contributed by atoms with Gasteiger partial charge in [-0.15, -0.1) is 10.2 Å². The summed E-state index contributed by atoms with van der Waals surface area (Å²) in [6.45, 7) is 0. The number of hydrogen-bond acceptors (Lipinski definition) is 5. The fraction of sp³-hybridized carbons (Fsp3) is 0.150. The van der Waals surface area contributed by atoms with E-state index in [0.29, 0.717) is 16.9 Å². The van der Waals surface area contributed by atoms with Crippen LogP contribution < -0.4 is 5.32 Å². The maximum absolute atomic E-state index is 14.2. The third-order valence-corrected chi connectivity index (χ3v) is 4.60. The van der Waals surface area contributed by atoms with Gasteiger partial charge < -0.3 is 15.0 Å². The van der Waals surface area contributed by atoms with Gasteiger partial charge in [-0.25, -0.2) is 9.18 Å². The summed E-state index contributed by atoms with van der Waals surface area (Å²) in [4.78, 5) is 24.0. The molecule has 1 aliphatic carbocycles. The van der Waals surface area contributed by atoms with Gasteiger partial charge in [-0.3, -0.25) is 4.79 Å². The van der Waals surface area contributed by atoms with Crippen LogP contribution in [-0.4, -0.2) is 31.7 Å². The molecule has 0 aliphatic heterocycles. The molecule has 0 bridgehead atoms. The van der Waals surface area contributed by atoms with Crippen LogP contribution in [0.1, 0.15) is 50.7 Å². The van der Waals surface area contributed by atoms with Crippen molar-refractivity contribution in [3.8, 4) is 11.9 Å². The second-order valence-corrected chi connectivity index (χ2v) is 6.65. The van der Waals surface area contributed by atoms with Gasteiger partial charge >= 0.3 is 5.97 Å². The quantitative estimate of drug-likeness (QED) is 0.689. The molecule has 29 heavy (non-hydrogen) atoms. The molecule has 0 unspecified atom stereocenters. The largest absolute Gasteiger partial charge is 0.478 e. The van der Waals surface area contributed by atoms with Crippen LogP contribution in [0.5, 0.6) is 0 Å². The number of carbonyl (C=O) groups excluding carboxylic acids is 1. The third kappa shape index (κ3) is 3.68. The molecule has 1 saturated carbocycles. The zero-order valence-electron chi connectivity index (χ0n) is 15.0. The van der Waals surface area contributed by atoms with Gasteiger partial charge in [0.15, 0.2) is 11.5 Å². The maximum atomic E-state index is 14.2. The number of amides is 1. The number of aromatic carboxylic acids is 1. The molecule has 1 amide bonds. The highest BCUT2D eigenvalue weighted by molar-refractivity contribution is 6.06. The molecule has 2 aromatic heterocycles. The number of carbonyl (C=O) groups is 2. The van der Waals surface area contributed by atoms with Crippen molar-refractivity contribution in [2.75, 3.05) is 5.32 Å². The van der Waals surface area contributed by atoms with Gasteiger partial charge in [-0.05, 0) is 54.7 Å². The standard InChI is InChI=1S/C20H14FN5O3/c21-15-7-14(20(28)29)17(8-13(15)12-1-2-12)23-19(27)16-3-4-18(25-24-16)26-6-5-11(9-22)10-26/h3-8,10,12H,1-2H2,(H,23,27)(H,28,29). The molecule has 1 fully saturated rings. The van der Waals surface area contributed by atoms with E-state index in [1.807, 2.05) is 6.07 Å². The molecule has 0 spiro atoms. The molecule has 1 aromatic carbocycles. The van der Waals surface area contributed by atoms with Gasteiger partial charge in [0.05, 0.1) is 16.8 Å². The van der Waals surface area contributed by atoms with Crippen LogP contribution in [-0.2, 0) is 0 Å². The van der Waals surface area contributed by atoms with E-state index in [2.05, 4.69) is 15.5 Å². The van der Waals surface area contributed by atoms with Gasteiger partial charge in [0.1, 0.15) is 11.9 Å². The molecule has 8 nitrogen and oxygen atoms in total. The second kappa shape index (κ2) is 7.16. The van der Waals surface area contributed by atoms with Crippen molar-refractivity contribution in [2.45, 2.75) is 18.8 Å². The van der Waals surface area contributed by atoms with Crippen molar-refractivity contribution in [2.24, 2.45) is 0 Å². The smallest absolute Gasteiger partial charge is 0.337 e. The fourth-order valence-corrected chi connectivity index (χ4v) is 2.95. The lowest BCUT2D eigenvalue weighted by atomic mass is 10.0. The van der Waals surface area contributed by atoms with E-state index in [1.54, 1.807) is 29.1 Å². The first-order chi connectivity index (χ1) is 14.0. The highest BCUT2D eigenvalue weighted by atomic mass is 19.1. The average molecular weight is 391 g/mol. The van der Waals surface area contributed by atoms with Crippen LogP contribution in [0, 0.1) is 17.1 Å². The van der Waals surface area contributed by atoms with Gasteiger partial charge in [0.2, 0.25) is 0 Å². The highest BCUT2D eigenvalue weighted by Crippen LogP contribution is 2.42. The van der Waals surface area contributed by atoms with E-state index in [9.17, 15) is 19.1 Å². The molecule has 0 saturated heterocycles. The molecule has 4 rings (SSSR count). The minimum atomic E-state index is -1.34. The molecule has 0 atom stereocenters. The van der Waals surface area contributed by atoms with E-state index in [1.165, 1.54) is 12.1 Å². The first-order valence-electron chi connectivity index (χ1n) is 8.76. The summed E-state index contributed by atoms with van der Waals surface area (Å²) >= 11 is 0. The van der Waals surface area contributed by atoms with Crippen molar-refractivity contribution in [1.82, 2.24) is 14.8 Å². The van der Waals surface area contributed by atoms with Crippen molar-refractivity contribution >= 4 is 17.6 Å². The van der Waals surface area contributed by atoms with E-state index >= 15 is 0 Å². The molecule has 3 aromatic rings. The van der Waals surface area contributed by atoms with Gasteiger partial charge in [-0.2, -0.15) is 5.26 Å². The average Bonchev–Trinajstić information content (AvgIpc) is 3.45. The molecular weight excluding hydrogens is 377 g/mol. The Morgan fingerprint density at radius 3 is 2.62 bits per heavy atom. The van der Waals surface area contributed by atoms with Crippen LogP contribution in [0.2, 0.25) is 0 Å². The summed E-state index contributed by atoms with van der Waals surface area (Å²) in [5.74, 6) is -2.14. The van der Waals surface area contributed by atoms with Crippen LogP contribution in [0.3, 0.4) is 0 Å². The Labute approximate surface area is 164 Å². The predicted molar refractivity (Wildman–Crippen MR) is 99.4 cm³/mol. The van der Waals surface area contributed by atoms with Crippen molar-refractivity contribution in [3.63, 3.8) is 0 Å². The van der Waals surface area contributed by atoms with Crippen LogP contribution in [0.4, 0.5) is 10.1 Å². The van der Waals surface area contributed by atoms with Crippen molar-refractivity contribution in [3.05, 3.63) is 70.9 Å². The molecule has 0 radical (unpaired) electrons. The number of nitrogens with one attached hydrogen (secondary N) is 1. The van der Waals surface area contributed by atoms with Crippen molar-refractivity contribution in [1.29, 1.82) is 5.26 Å². The number of halogens is 1. The molecule has 2 N–H and O–H groups in total. The normalized spacial score (nSPS) is 13.0. The third-order valence-electron chi connectivity index (χ3n) is 4.60. The Morgan fingerprint density at radius 1 is 1.24 bits per heavy atom. The topological polar surface area (TPSA) is 121 Å². The number of benzene rings is 1. The van der Waals surface area contributed by atoms with Crippen LogP contribution in [0.25, 0.3) is 5.82 Å². The number of anilines is 1. The zero-order valence-corrected chi connectivity index (χ0v) is 15.0. The highest BCUT2D eigenvalue weighted by Gasteiger charge is 2.29. The lowest BCUT2D eigenvalue weighted by molar-refractivity contribution is 0.0697. The van der Waals surface area contributed by atoms with Crippen molar-refractivity contribution < 1.29 is 19.1 Å². The first-order valence-corrected chi connectivity index (χ1v) is 8.76. The number of rotatable bonds is 5. The number of nitriles is 1. The number of carboxylic acid groups (broad SMARTS) is 1. The summed E-state index contributed by atoms with van der Waals surface area (Å²) in [6, 6.07) is 8.89. The molecule has 9 heteroatoms. The summed E-state index contributed by atoms with van der Waals surface area (Å²) < 4.78 is 15.7. The minimum absolute atomic E-state index is 0.0146. The monoisotopic (exact) mass is 391 g/mol. The van der Waals surface area contributed by atoms with Crippen LogP contribution in [0.15, 0.2) is 42.7 Å². The van der Waals surface area contributed by atoms with E-state index in [4.69, 9.17) is 5.26 Å². The van der Waals surface area contributed by atoms with Crippen LogP contribution >= 0.6 is 0 Å². The lowest BCUT2D eigenvalue weighted by Gasteiger charge is -2.11. The predicted octanol–water partition coefficient (Wildman–Crippen LogP) is 3.11. The molecular formula is C20H14FN5O3. The van der Waals surface area contributed by atoms with E-state index < -0.39 is 17.7 Å². The van der Waals surface area contributed by atoms with Gasteiger partial charge in [0.25, 0.3) is 5.91 Å². The molecule has 144 valence electrons. The first kappa shape index (κ1) is 18.3. The van der Waals surface area contributed by atoms with E-state index in [-0.39, 0.29) is 22.9 Å². The molecule has 1 aliphatic rings. The molecule has 2 heterocycles. The summed E-state index contributed by atoms with van der Waals surface area (Å²) in [7, 11) is 0. The Balaban J connectivity index is 1.58. The lowest BCUT2D eigenvalue weighted by Crippen LogP contribution is -2.17. The van der Waals surface area contributed by atoms with Gasteiger partial charge in [0, 0.05) is 12.4 Å². The van der Waals surface area contributed by atoms with E-state index in [0.717, 1.165) is 18.9 Å². The maximum Gasteiger partial charge on any atom is 0.337 e.